The number of aromatic nitrogens is 3. The van der Waals surface area contributed by atoms with Crippen LogP contribution in [-0.4, -0.2) is 38.7 Å². The summed E-state index contributed by atoms with van der Waals surface area (Å²) >= 11 is 1.16. The molecule has 1 aliphatic rings. The van der Waals surface area contributed by atoms with E-state index in [0.29, 0.717) is 40.6 Å². The minimum absolute atomic E-state index is 0.0765. The molecule has 0 aliphatic carbocycles. The van der Waals surface area contributed by atoms with E-state index in [4.69, 9.17) is 0 Å². The Hall–Kier alpha value is -3.54. The highest BCUT2D eigenvalue weighted by Gasteiger charge is 2.45. The van der Waals surface area contributed by atoms with Gasteiger partial charge in [-0.05, 0) is 56.5 Å². The molecule has 0 spiro atoms. The highest BCUT2D eigenvalue weighted by atomic mass is 32.1. The van der Waals surface area contributed by atoms with Gasteiger partial charge in [-0.1, -0.05) is 0 Å². The summed E-state index contributed by atoms with van der Waals surface area (Å²) in [7, 11) is 0. The lowest BCUT2D eigenvalue weighted by Crippen LogP contribution is -2.44. The van der Waals surface area contributed by atoms with Crippen molar-refractivity contribution in [3.63, 3.8) is 0 Å². The minimum atomic E-state index is -4.83. The molecule has 2 aromatic heterocycles. The number of ether oxygens (including phenoxy) is 1. The molecule has 0 unspecified atom stereocenters. The van der Waals surface area contributed by atoms with E-state index in [1.165, 1.54) is 18.2 Å². The van der Waals surface area contributed by atoms with Crippen LogP contribution in [0.15, 0.2) is 36.4 Å². The first kappa shape index (κ1) is 24.2. The monoisotopic (exact) mass is 522 g/mol. The third-order valence-electron chi connectivity index (χ3n) is 6.15. The molecule has 0 saturated carbocycles. The average molecular weight is 522 g/mol. The van der Waals surface area contributed by atoms with Crippen LogP contribution in [0, 0.1) is 18.6 Å². The first-order valence-electron chi connectivity index (χ1n) is 10.9. The van der Waals surface area contributed by atoms with E-state index in [2.05, 4.69) is 19.7 Å². The molecule has 3 heterocycles. The fraction of sp³-hybridized carbons (Fsp3) is 0.292. The van der Waals surface area contributed by atoms with Crippen molar-refractivity contribution in [1.29, 1.82) is 0 Å². The maximum atomic E-state index is 13.9. The number of aryl methyl sites for hydroxylation is 1. The Morgan fingerprint density at radius 1 is 1.14 bits per heavy atom. The van der Waals surface area contributed by atoms with Crippen molar-refractivity contribution in [3.05, 3.63) is 64.6 Å². The lowest BCUT2D eigenvalue weighted by Gasteiger charge is -2.33. The summed E-state index contributed by atoms with van der Waals surface area (Å²) in [6.07, 6.45) is -3.65. The zero-order valence-corrected chi connectivity index (χ0v) is 19.9. The molecule has 2 aromatic carbocycles. The van der Waals surface area contributed by atoms with Crippen LogP contribution in [0.25, 0.3) is 21.5 Å². The second-order valence-electron chi connectivity index (χ2n) is 8.72. The minimum Gasteiger partial charge on any atom is -0.406 e. The molecule has 1 atom stereocenters. The molecule has 0 radical (unpaired) electrons. The molecule has 36 heavy (non-hydrogen) atoms. The highest BCUT2D eigenvalue weighted by Crippen LogP contribution is 2.41. The fourth-order valence-electron chi connectivity index (χ4n) is 4.55. The van der Waals surface area contributed by atoms with Gasteiger partial charge in [0.1, 0.15) is 28.9 Å². The van der Waals surface area contributed by atoms with Crippen LogP contribution >= 0.6 is 11.3 Å². The number of nitrogens with zero attached hydrogens (tertiary/aromatic N) is 3. The Morgan fingerprint density at radius 3 is 2.56 bits per heavy atom. The molecule has 1 fully saturated rings. The van der Waals surface area contributed by atoms with Gasteiger partial charge in [0.25, 0.3) is 5.91 Å². The molecule has 188 valence electrons. The fourth-order valence-corrected chi connectivity index (χ4v) is 5.45. The summed E-state index contributed by atoms with van der Waals surface area (Å²) in [6.45, 7) is 3.88. The van der Waals surface area contributed by atoms with E-state index in [0.717, 1.165) is 29.5 Å². The number of benzene rings is 2. The third kappa shape index (κ3) is 4.41. The number of likely N-dealkylation sites (tertiary alicyclic amines) is 1. The zero-order chi connectivity index (χ0) is 25.8. The van der Waals surface area contributed by atoms with Gasteiger partial charge in [0, 0.05) is 18.7 Å². The summed E-state index contributed by atoms with van der Waals surface area (Å²) in [6, 6.07) is 6.83. The first-order chi connectivity index (χ1) is 16.9. The summed E-state index contributed by atoms with van der Waals surface area (Å²) in [5.74, 6) is -1.96. The summed E-state index contributed by atoms with van der Waals surface area (Å²) in [5, 5.41) is 0.555. The number of imidazole rings is 1. The molecule has 0 bridgehead atoms. The Morgan fingerprint density at radius 2 is 1.86 bits per heavy atom. The number of rotatable bonds is 4. The van der Waals surface area contributed by atoms with Crippen LogP contribution in [0.3, 0.4) is 0 Å². The quantitative estimate of drug-likeness (QED) is 0.318. The van der Waals surface area contributed by atoms with Gasteiger partial charge in [0.15, 0.2) is 0 Å². The number of alkyl halides is 3. The molecular weight excluding hydrogens is 503 g/mol. The third-order valence-corrected chi connectivity index (χ3v) is 7.17. The molecule has 5 rings (SSSR count). The van der Waals surface area contributed by atoms with Crippen molar-refractivity contribution >= 4 is 28.3 Å². The van der Waals surface area contributed by atoms with Gasteiger partial charge in [-0.25, -0.2) is 18.7 Å². The van der Waals surface area contributed by atoms with Crippen molar-refractivity contribution in [2.75, 3.05) is 6.54 Å². The van der Waals surface area contributed by atoms with Gasteiger partial charge in [-0.15, -0.1) is 24.5 Å². The summed E-state index contributed by atoms with van der Waals surface area (Å²) in [5.41, 5.74) is 0.118. The Bertz CT molecular complexity index is 1460. The lowest BCUT2D eigenvalue weighted by molar-refractivity contribution is -0.274. The topological polar surface area (TPSA) is 71.1 Å². The SMILES string of the molecule is Cc1nc(C(=O)N2CCC[C@@]2(C)c2nc3cc(OC(F)(F)F)ccc3[nH]2)c(-c2cc(F)cc(F)c2)s1. The van der Waals surface area contributed by atoms with Crippen LogP contribution in [0.2, 0.25) is 0 Å². The van der Waals surface area contributed by atoms with Gasteiger partial charge in [0.05, 0.1) is 26.5 Å². The van der Waals surface area contributed by atoms with E-state index >= 15 is 0 Å². The lowest BCUT2D eigenvalue weighted by atomic mass is 9.97. The van der Waals surface area contributed by atoms with Crippen LogP contribution < -0.4 is 4.74 Å². The highest BCUT2D eigenvalue weighted by molar-refractivity contribution is 7.15. The van der Waals surface area contributed by atoms with Gasteiger partial charge >= 0.3 is 6.36 Å². The number of amides is 1. The Labute approximate surface area is 205 Å². The summed E-state index contributed by atoms with van der Waals surface area (Å²) in [4.78, 5) is 27.6. The van der Waals surface area contributed by atoms with Crippen LogP contribution in [-0.2, 0) is 5.54 Å². The number of nitrogens with one attached hydrogen (secondary N) is 1. The van der Waals surface area contributed by atoms with Gasteiger partial charge in [-0.3, -0.25) is 4.79 Å². The molecule has 1 saturated heterocycles. The molecule has 1 aliphatic heterocycles. The number of thiazole rings is 1. The second kappa shape index (κ2) is 8.54. The smallest absolute Gasteiger partial charge is 0.406 e. The average Bonchev–Trinajstić information content (AvgIpc) is 3.48. The van der Waals surface area contributed by atoms with Crippen LogP contribution in [0.4, 0.5) is 22.0 Å². The van der Waals surface area contributed by atoms with E-state index in [9.17, 15) is 26.7 Å². The molecule has 1 amide bonds. The maximum absolute atomic E-state index is 13.9. The van der Waals surface area contributed by atoms with Gasteiger partial charge in [0.2, 0.25) is 0 Å². The number of aromatic amines is 1. The van der Waals surface area contributed by atoms with Gasteiger partial charge in [-0.2, -0.15) is 0 Å². The molecule has 6 nitrogen and oxygen atoms in total. The molecule has 12 heteroatoms. The Balaban J connectivity index is 1.51. The van der Waals surface area contributed by atoms with Crippen LogP contribution in [0.1, 0.15) is 41.1 Å². The van der Waals surface area contributed by atoms with Crippen molar-refractivity contribution in [2.45, 2.75) is 38.6 Å². The van der Waals surface area contributed by atoms with E-state index in [1.54, 1.807) is 11.8 Å². The Kier molecular flexibility index (Phi) is 5.73. The molecule has 4 aromatic rings. The van der Waals surface area contributed by atoms with Crippen molar-refractivity contribution in [2.24, 2.45) is 0 Å². The molecule has 1 N–H and O–H groups in total. The van der Waals surface area contributed by atoms with E-state index in [1.807, 2.05) is 6.92 Å². The number of H-pyrrole nitrogens is 1. The largest absolute Gasteiger partial charge is 0.573 e. The second-order valence-corrected chi connectivity index (χ2v) is 9.92. The van der Waals surface area contributed by atoms with Crippen molar-refractivity contribution in [1.82, 2.24) is 19.9 Å². The number of hydrogen-bond acceptors (Lipinski definition) is 5. The van der Waals surface area contributed by atoms with Crippen LogP contribution in [0.5, 0.6) is 5.75 Å². The first-order valence-corrected chi connectivity index (χ1v) is 11.8. The van der Waals surface area contributed by atoms with Crippen molar-refractivity contribution < 1.29 is 31.5 Å². The number of fused-ring (bicyclic) bond motifs is 1. The van der Waals surface area contributed by atoms with E-state index < -0.39 is 35.2 Å². The summed E-state index contributed by atoms with van der Waals surface area (Å²) < 4.78 is 69.6. The molecular formula is C24H19F5N4O2S. The number of carbonyl (C=O) groups excluding carboxylic acids is 1. The zero-order valence-electron chi connectivity index (χ0n) is 19.0. The maximum Gasteiger partial charge on any atom is 0.573 e. The predicted molar refractivity (Wildman–Crippen MR) is 123 cm³/mol. The van der Waals surface area contributed by atoms with E-state index in [-0.39, 0.29) is 16.8 Å². The van der Waals surface area contributed by atoms with Gasteiger partial charge < -0.3 is 14.6 Å². The number of carbonyl (C=O) groups is 1. The number of hydrogen-bond donors (Lipinski definition) is 1. The normalized spacial score (nSPS) is 18.2. The van der Waals surface area contributed by atoms with Crippen molar-refractivity contribution in [3.8, 4) is 16.2 Å². The predicted octanol–water partition coefficient (Wildman–Crippen LogP) is 6.32. The number of halogens is 5. The standard InChI is InChI=1S/C24H19F5N4O2S/c1-12-30-19(20(36-12)13-8-14(25)10-15(26)9-13)21(34)33-7-3-6-23(33,2)22-31-17-5-4-16(11-18(17)32-22)35-24(27,28)29/h4-5,8-11H,3,6-7H2,1-2H3,(H,31,32)/t23-/m0/s1.